The molecule has 154 valence electrons. The van der Waals surface area contributed by atoms with Gasteiger partial charge in [-0.3, -0.25) is 19.8 Å². The summed E-state index contributed by atoms with van der Waals surface area (Å²) in [5.41, 5.74) is 1.23. The molecule has 8 nitrogen and oxygen atoms in total. The molecule has 0 radical (unpaired) electrons. The fraction of sp³-hybridized carbons (Fsp3) is 0.350. The highest BCUT2D eigenvalue weighted by Crippen LogP contribution is 2.26. The molecule has 0 bridgehead atoms. The first-order valence-electron chi connectivity index (χ1n) is 9.29. The van der Waals surface area contributed by atoms with Crippen molar-refractivity contribution in [2.24, 2.45) is 0 Å². The molecule has 2 aromatic rings. The molecule has 0 saturated carbocycles. The third-order valence-electron chi connectivity index (χ3n) is 5.26. The van der Waals surface area contributed by atoms with Gasteiger partial charge in [-0.25, -0.2) is 8.42 Å². The van der Waals surface area contributed by atoms with Gasteiger partial charge in [-0.2, -0.15) is 4.31 Å². The number of piperazine rings is 1. The summed E-state index contributed by atoms with van der Waals surface area (Å²) in [6.07, 6.45) is 0. The minimum Gasteiger partial charge on any atom is -0.295 e. The topological polar surface area (TPSA) is 101 Å². The molecule has 2 aromatic carbocycles. The number of sulfonamides is 1. The van der Waals surface area contributed by atoms with Gasteiger partial charge in [-0.05, 0) is 31.5 Å². The highest BCUT2D eigenvalue weighted by Gasteiger charge is 2.30. The molecule has 1 fully saturated rings. The van der Waals surface area contributed by atoms with E-state index in [-0.39, 0.29) is 22.4 Å². The number of benzene rings is 2. The van der Waals surface area contributed by atoms with Crippen LogP contribution in [-0.4, -0.2) is 54.5 Å². The summed E-state index contributed by atoms with van der Waals surface area (Å²) < 4.78 is 27.3. The Morgan fingerprint density at radius 3 is 2.34 bits per heavy atom. The lowest BCUT2D eigenvalue weighted by Crippen LogP contribution is -2.49. The molecule has 29 heavy (non-hydrogen) atoms. The van der Waals surface area contributed by atoms with Crippen molar-refractivity contribution < 1.29 is 18.1 Å². The van der Waals surface area contributed by atoms with Crippen LogP contribution in [0.3, 0.4) is 0 Å². The van der Waals surface area contributed by atoms with Crippen LogP contribution in [0.1, 0.15) is 35.8 Å². The number of carbonyl (C=O) groups is 1. The zero-order chi connectivity index (χ0) is 21.2. The Labute approximate surface area is 169 Å². The second-order valence-corrected chi connectivity index (χ2v) is 8.99. The fourth-order valence-corrected chi connectivity index (χ4v) is 4.93. The summed E-state index contributed by atoms with van der Waals surface area (Å²) in [6, 6.07) is 12.5. The zero-order valence-electron chi connectivity index (χ0n) is 16.3. The van der Waals surface area contributed by atoms with E-state index in [4.69, 9.17) is 0 Å². The van der Waals surface area contributed by atoms with Crippen molar-refractivity contribution in [3.63, 3.8) is 0 Å². The highest BCUT2D eigenvalue weighted by molar-refractivity contribution is 7.89. The van der Waals surface area contributed by atoms with Crippen LogP contribution in [0.2, 0.25) is 0 Å². The predicted molar refractivity (Wildman–Crippen MR) is 108 cm³/mol. The Bertz CT molecular complexity index is 1030. The summed E-state index contributed by atoms with van der Waals surface area (Å²) in [6.45, 7) is 5.00. The minimum absolute atomic E-state index is 0.0425. The molecular weight excluding hydrogens is 394 g/mol. The van der Waals surface area contributed by atoms with Gasteiger partial charge in [0.15, 0.2) is 5.78 Å². The summed E-state index contributed by atoms with van der Waals surface area (Å²) in [5, 5.41) is 11.0. The van der Waals surface area contributed by atoms with Crippen molar-refractivity contribution in [2.75, 3.05) is 26.2 Å². The zero-order valence-corrected chi connectivity index (χ0v) is 17.1. The Morgan fingerprint density at radius 1 is 1.07 bits per heavy atom. The highest BCUT2D eigenvalue weighted by atomic mass is 32.2. The smallest absolute Gasteiger partial charge is 0.269 e. The van der Waals surface area contributed by atoms with Gasteiger partial charge in [0.25, 0.3) is 5.69 Å². The number of rotatable bonds is 6. The van der Waals surface area contributed by atoms with Crippen LogP contribution in [0.25, 0.3) is 0 Å². The van der Waals surface area contributed by atoms with Gasteiger partial charge in [-0.1, -0.05) is 24.3 Å². The summed E-state index contributed by atoms with van der Waals surface area (Å²) in [5.74, 6) is -0.183. The van der Waals surface area contributed by atoms with E-state index in [0.29, 0.717) is 31.7 Å². The van der Waals surface area contributed by atoms with Crippen molar-refractivity contribution in [3.8, 4) is 0 Å². The van der Waals surface area contributed by atoms with Gasteiger partial charge in [0.2, 0.25) is 10.0 Å². The normalized spacial score (nSPS) is 17.0. The molecule has 0 amide bonds. The number of Topliss-reactive ketones (excluding diaryl/α,β-unsaturated/α-hetero) is 1. The van der Waals surface area contributed by atoms with E-state index in [2.05, 4.69) is 4.90 Å². The van der Waals surface area contributed by atoms with E-state index >= 15 is 0 Å². The van der Waals surface area contributed by atoms with Crippen molar-refractivity contribution in [3.05, 3.63) is 69.8 Å². The molecule has 3 rings (SSSR count). The van der Waals surface area contributed by atoms with Crippen molar-refractivity contribution in [1.29, 1.82) is 0 Å². The number of carbonyl (C=O) groups excluding carboxylic acids is 1. The van der Waals surface area contributed by atoms with Crippen LogP contribution in [0.15, 0.2) is 53.4 Å². The Morgan fingerprint density at radius 2 is 1.72 bits per heavy atom. The minimum atomic E-state index is -3.68. The van der Waals surface area contributed by atoms with Crippen LogP contribution in [-0.2, 0) is 10.0 Å². The molecule has 1 atom stereocenters. The maximum Gasteiger partial charge on any atom is 0.269 e. The van der Waals surface area contributed by atoms with Gasteiger partial charge in [0.05, 0.1) is 9.82 Å². The number of nitro benzene ring substituents is 1. The van der Waals surface area contributed by atoms with Crippen molar-refractivity contribution in [2.45, 2.75) is 24.8 Å². The molecule has 1 unspecified atom stereocenters. The lowest BCUT2D eigenvalue weighted by molar-refractivity contribution is -0.385. The van der Waals surface area contributed by atoms with E-state index in [1.165, 1.54) is 29.4 Å². The average Bonchev–Trinajstić information content (AvgIpc) is 2.73. The lowest BCUT2D eigenvalue weighted by Gasteiger charge is -2.37. The standard InChI is InChI=1S/C20H23N3O5S/c1-15(17-5-3-7-19(13-17)23(25)26)21-9-11-22(12-10-21)29(27,28)20-8-4-6-18(14-20)16(2)24/h3-8,13-15H,9-12H2,1-2H3. The summed E-state index contributed by atoms with van der Waals surface area (Å²) in [4.78, 5) is 24.4. The quantitative estimate of drug-likeness (QED) is 0.407. The number of hydrogen-bond donors (Lipinski definition) is 0. The molecule has 0 N–H and O–H groups in total. The first-order valence-corrected chi connectivity index (χ1v) is 10.7. The monoisotopic (exact) mass is 417 g/mol. The maximum atomic E-state index is 12.9. The largest absolute Gasteiger partial charge is 0.295 e. The molecule has 1 aliphatic rings. The molecule has 0 aromatic heterocycles. The first-order chi connectivity index (χ1) is 13.7. The molecule has 0 spiro atoms. The van der Waals surface area contributed by atoms with Crippen molar-refractivity contribution in [1.82, 2.24) is 9.21 Å². The third-order valence-corrected chi connectivity index (χ3v) is 7.16. The Hall–Kier alpha value is -2.62. The number of hydrogen-bond acceptors (Lipinski definition) is 6. The van der Waals surface area contributed by atoms with Gasteiger partial charge in [0.1, 0.15) is 0 Å². The van der Waals surface area contributed by atoms with Crippen LogP contribution in [0, 0.1) is 10.1 Å². The second-order valence-electron chi connectivity index (χ2n) is 7.05. The Kier molecular flexibility index (Phi) is 6.11. The number of nitrogens with zero attached hydrogens (tertiary/aromatic N) is 3. The van der Waals surface area contributed by atoms with E-state index in [9.17, 15) is 23.3 Å². The van der Waals surface area contributed by atoms with Gasteiger partial charge in [-0.15, -0.1) is 0 Å². The van der Waals surface area contributed by atoms with Crippen LogP contribution < -0.4 is 0 Å². The predicted octanol–water partition coefficient (Wildman–Crippen LogP) is 2.86. The van der Waals surface area contributed by atoms with Gasteiger partial charge in [0, 0.05) is 49.9 Å². The van der Waals surface area contributed by atoms with Crippen LogP contribution >= 0.6 is 0 Å². The van der Waals surface area contributed by atoms with Crippen LogP contribution in [0.5, 0.6) is 0 Å². The number of nitro groups is 1. The molecule has 0 aliphatic carbocycles. The fourth-order valence-electron chi connectivity index (χ4n) is 3.46. The van der Waals surface area contributed by atoms with E-state index < -0.39 is 14.9 Å². The van der Waals surface area contributed by atoms with Gasteiger partial charge >= 0.3 is 0 Å². The van der Waals surface area contributed by atoms with E-state index in [1.54, 1.807) is 24.3 Å². The maximum absolute atomic E-state index is 12.9. The van der Waals surface area contributed by atoms with Gasteiger partial charge < -0.3 is 0 Å². The van der Waals surface area contributed by atoms with Crippen LogP contribution in [0.4, 0.5) is 5.69 Å². The first kappa shape index (κ1) is 21.1. The number of ketones is 1. The average molecular weight is 417 g/mol. The summed E-state index contributed by atoms with van der Waals surface area (Å²) in [7, 11) is -3.68. The van der Waals surface area contributed by atoms with Crippen molar-refractivity contribution >= 4 is 21.5 Å². The molecule has 9 heteroatoms. The SMILES string of the molecule is CC(=O)c1cccc(S(=O)(=O)N2CCN(C(C)c3cccc([N+](=O)[O-])c3)CC2)c1. The molecule has 1 saturated heterocycles. The van der Waals surface area contributed by atoms with E-state index in [0.717, 1.165) is 5.56 Å². The number of non-ortho nitro benzene ring substituents is 1. The summed E-state index contributed by atoms with van der Waals surface area (Å²) >= 11 is 0. The third kappa shape index (κ3) is 4.52. The van der Waals surface area contributed by atoms with E-state index in [1.807, 2.05) is 13.0 Å². The molecule has 1 aliphatic heterocycles. The molecular formula is C20H23N3O5S. The lowest BCUT2D eigenvalue weighted by atomic mass is 10.1. The second kappa shape index (κ2) is 8.40. The Balaban J connectivity index is 1.71. The molecule has 1 heterocycles.